The Morgan fingerprint density at radius 1 is 1.36 bits per heavy atom. The molecular formula is C19H30F3IN4O. The number of ether oxygens (including phenoxy) is 1. The summed E-state index contributed by atoms with van der Waals surface area (Å²) < 4.78 is 43.0. The van der Waals surface area contributed by atoms with Crippen LogP contribution in [0.3, 0.4) is 0 Å². The number of morpholine rings is 1. The molecule has 0 amide bonds. The summed E-state index contributed by atoms with van der Waals surface area (Å²) in [5, 5.41) is 3.26. The molecule has 0 saturated carbocycles. The molecule has 160 valence electrons. The third-order valence-electron chi connectivity index (χ3n) is 4.56. The lowest BCUT2D eigenvalue weighted by molar-refractivity contribution is -0.143. The number of hydrogen-bond donors (Lipinski definition) is 1. The monoisotopic (exact) mass is 514 g/mol. The molecule has 0 aliphatic carbocycles. The van der Waals surface area contributed by atoms with Crippen molar-refractivity contribution in [1.29, 1.82) is 0 Å². The molecule has 0 spiro atoms. The fourth-order valence-electron chi connectivity index (χ4n) is 3.24. The predicted octanol–water partition coefficient (Wildman–Crippen LogP) is 3.45. The zero-order valence-electron chi connectivity index (χ0n) is 16.6. The van der Waals surface area contributed by atoms with Crippen LogP contribution in [-0.2, 0) is 4.74 Å². The second-order valence-electron chi connectivity index (χ2n) is 6.84. The summed E-state index contributed by atoms with van der Waals surface area (Å²) in [5.41, 5.74) is 2.37. The largest absolute Gasteiger partial charge is 0.401 e. The summed E-state index contributed by atoms with van der Waals surface area (Å²) in [6.07, 6.45) is -3.57. The minimum absolute atomic E-state index is 0. The molecule has 2 rings (SSSR count). The maximum atomic E-state index is 12.4. The zero-order chi connectivity index (χ0) is 19.9. The van der Waals surface area contributed by atoms with Crippen molar-refractivity contribution in [3.63, 3.8) is 0 Å². The number of guanidine groups is 1. The summed E-state index contributed by atoms with van der Waals surface area (Å²) >= 11 is 0. The number of alkyl halides is 3. The quantitative estimate of drug-likeness (QED) is 0.274. The van der Waals surface area contributed by atoms with Crippen LogP contribution in [0.25, 0.3) is 0 Å². The molecular weight excluding hydrogens is 484 g/mol. The minimum Gasteiger partial charge on any atom is -0.370 e. The molecule has 1 aliphatic rings. The molecule has 28 heavy (non-hydrogen) atoms. The first-order valence-electron chi connectivity index (χ1n) is 9.18. The van der Waals surface area contributed by atoms with Crippen molar-refractivity contribution in [2.45, 2.75) is 25.6 Å². The number of nitrogens with one attached hydrogen (secondary N) is 1. The van der Waals surface area contributed by atoms with E-state index in [9.17, 15) is 13.2 Å². The first kappa shape index (κ1) is 25.0. The van der Waals surface area contributed by atoms with Crippen LogP contribution in [0.2, 0.25) is 0 Å². The molecule has 0 aromatic heterocycles. The summed E-state index contributed by atoms with van der Waals surface area (Å²) in [5.74, 6) is 0.760. The number of aliphatic imine (C=N–C) groups is 1. The Kier molecular flexibility index (Phi) is 10.5. The van der Waals surface area contributed by atoms with Crippen LogP contribution in [0.1, 0.15) is 23.7 Å². The molecule has 1 atom stereocenters. The van der Waals surface area contributed by atoms with Gasteiger partial charge in [-0.3, -0.25) is 9.89 Å². The van der Waals surface area contributed by atoms with Gasteiger partial charge in [0, 0.05) is 20.1 Å². The van der Waals surface area contributed by atoms with Crippen LogP contribution in [0.5, 0.6) is 0 Å². The number of benzene rings is 1. The van der Waals surface area contributed by atoms with E-state index in [0.29, 0.717) is 32.7 Å². The summed E-state index contributed by atoms with van der Waals surface area (Å²) in [6.45, 7) is 4.16. The molecule has 1 aromatic rings. The van der Waals surface area contributed by atoms with E-state index < -0.39 is 12.7 Å². The lowest BCUT2D eigenvalue weighted by atomic mass is 10.0. The van der Waals surface area contributed by atoms with Crippen molar-refractivity contribution in [3.8, 4) is 0 Å². The van der Waals surface area contributed by atoms with Gasteiger partial charge in [0.05, 0.1) is 19.7 Å². The van der Waals surface area contributed by atoms with Gasteiger partial charge in [0.15, 0.2) is 5.96 Å². The average Bonchev–Trinajstić information content (AvgIpc) is 2.61. The molecule has 1 N–H and O–H groups in total. The lowest BCUT2D eigenvalue weighted by Crippen LogP contribution is -2.48. The van der Waals surface area contributed by atoms with Crippen molar-refractivity contribution < 1.29 is 17.9 Å². The van der Waals surface area contributed by atoms with Crippen molar-refractivity contribution in [2.75, 3.05) is 53.4 Å². The van der Waals surface area contributed by atoms with Gasteiger partial charge in [-0.2, -0.15) is 13.2 Å². The number of rotatable bonds is 6. The van der Waals surface area contributed by atoms with E-state index in [1.807, 2.05) is 12.1 Å². The maximum Gasteiger partial charge on any atom is 0.401 e. The van der Waals surface area contributed by atoms with Gasteiger partial charge in [-0.25, -0.2) is 0 Å². The highest BCUT2D eigenvalue weighted by Gasteiger charge is 2.29. The highest BCUT2D eigenvalue weighted by atomic mass is 127. The van der Waals surface area contributed by atoms with Crippen LogP contribution in [0.4, 0.5) is 13.2 Å². The fraction of sp³-hybridized carbons (Fsp3) is 0.632. The van der Waals surface area contributed by atoms with Crippen LogP contribution in [-0.4, -0.2) is 75.4 Å². The Balaban J connectivity index is 0.00000392. The van der Waals surface area contributed by atoms with Crippen molar-refractivity contribution in [3.05, 3.63) is 35.4 Å². The molecule has 0 bridgehead atoms. The zero-order valence-corrected chi connectivity index (χ0v) is 19.0. The topological polar surface area (TPSA) is 40.1 Å². The predicted molar refractivity (Wildman–Crippen MR) is 116 cm³/mol. The van der Waals surface area contributed by atoms with E-state index in [0.717, 1.165) is 12.5 Å². The summed E-state index contributed by atoms with van der Waals surface area (Å²) in [6, 6.07) is 8.17. The van der Waals surface area contributed by atoms with E-state index >= 15 is 0 Å². The molecule has 1 saturated heterocycles. The van der Waals surface area contributed by atoms with Gasteiger partial charge in [0.2, 0.25) is 0 Å². The number of halogens is 4. The maximum absolute atomic E-state index is 12.4. The molecule has 1 aliphatic heterocycles. The van der Waals surface area contributed by atoms with Crippen LogP contribution >= 0.6 is 24.0 Å². The van der Waals surface area contributed by atoms with Crippen LogP contribution in [0, 0.1) is 6.92 Å². The molecule has 9 heteroatoms. The molecule has 1 aromatic carbocycles. The Morgan fingerprint density at radius 2 is 2.07 bits per heavy atom. The van der Waals surface area contributed by atoms with E-state index in [2.05, 4.69) is 34.3 Å². The Hall–Kier alpha value is -1.07. The second kappa shape index (κ2) is 11.8. The normalized spacial score (nSPS) is 18.2. The molecule has 1 heterocycles. The number of hydrogen-bond acceptors (Lipinski definition) is 3. The van der Waals surface area contributed by atoms with E-state index in [4.69, 9.17) is 4.74 Å². The van der Waals surface area contributed by atoms with Gasteiger partial charge >= 0.3 is 6.18 Å². The van der Waals surface area contributed by atoms with Gasteiger partial charge < -0.3 is 15.0 Å². The van der Waals surface area contributed by atoms with Crippen molar-refractivity contribution >= 4 is 29.9 Å². The van der Waals surface area contributed by atoms with Gasteiger partial charge in [-0.1, -0.05) is 24.3 Å². The second-order valence-corrected chi connectivity index (χ2v) is 6.84. The van der Waals surface area contributed by atoms with E-state index in [1.165, 1.54) is 23.1 Å². The summed E-state index contributed by atoms with van der Waals surface area (Å²) in [4.78, 5) is 7.74. The number of nitrogens with zero attached hydrogens (tertiary/aromatic N) is 3. The Labute approximate surface area is 182 Å². The lowest BCUT2D eigenvalue weighted by Gasteiger charge is -2.35. The van der Waals surface area contributed by atoms with Gasteiger partial charge in [-0.15, -0.1) is 24.0 Å². The SMILES string of the molecule is CN=C(NCCCN(C)CC(F)(F)F)N1CCOC(c2ccccc2C)C1.I. The molecule has 5 nitrogen and oxygen atoms in total. The standard InChI is InChI=1S/C19H29F3N4O.HI/c1-15-7-4-5-8-16(15)17-13-26(11-12-27-17)18(23-2)24-9-6-10-25(3)14-19(20,21)22;/h4-5,7-8,17H,6,9-14H2,1-3H3,(H,23,24);1H. The first-order valence-corrected chi connectivity index (χ1v) is 9.18. The average molecular weight is 514 g/mol. The van der Waals surface area contributed by atoms with Gasteiger partial charge in [-0.05, 0) is 38.1 Å². The third kappa shape index (κ3) is 8.12. The third-order valence-corrected chi connectivity index (χ3v) is 4.56. The van der Waals surface area contributed by atoms with Crippen LogP contribution < -0.4 is 5.32 Å². The fourth-order valence-corrected chi connectivity index (χ4v) is 3.24. The Morgan fingerprint density at radius 3 is 2.71 bits per heavy atom. The van der Waals surface area contributed by atoms with Gasteiger partial charge in [0.1, 0.15) is 6.10 Å². The smallest absolute Gasteiger partial charge is 0.370 e. The highest BCUT2D eigenvalue weighted by Crippen LogP contribution is 2.25. The van der Waals surface area contributed by atoms with E-state index in [1.54, 1.807) is 7.05 Å². The molecule has 1 fully saturated rings. The van der Waals surface area contributed by atoms with Crippen molar-refractivity contribution in [2.24, 2.45) is 4.99 Å². The highest BCUT2D eigenvalue weighted by molar-refractivity contribution is 14.0. The molecule has 1 unspecified atom stereocenters. The minimum atomic E-state index is -4.16. The van der Waals surface area contributed by atoms with Gasteiger partial charge in [0.25, 0.3) is 0 Å². The molecule has 0 radical (unpaired) electrons. The first-order chi connectivity index (χ1) is 12.8. The summed E-state index contributed by atoms with van der Waals surface area (Å²) in [7, 11) is 3.20. The van der Waals surface area contributed by atoms with E-state index in [-0.39, 0.29) is 30.1 Å². The van der Waals surface area contributed by atoms with Crippen molar-refractivity contribution in [1.82, 2.24) is 15.1 Å². The number of aryl methyl sites for hydroxylation is 1. The Bertz CT molecular complexity index is 627. The van der Waals surface area contributed by atoms with Crippen LogP contribution in [0.15, 0.2) is 29.3 Å².